The third-order valence-electron chi connectivity index (χ3n) is 4.73. The lowest BCUT2D eigenvalue weighted by Crippen LogP contribution is -2.27. The van der Waals surface area contributed by atoms with Gasteiger partial charge >= 0.3 is 0 Å². The Morgan fingerprint density at radius 3 is 2.33 bits per heavy atom. The fourth-order valence-electron chi connectivity index (χ4n) is 2.93. The van der Waals surface area contributed by atoms with E-state index in [0.29, 0.717) is 6.61 Å². The number of amides is 1. The molecule has 4 heteroatoms. The lowest BCUT2D eigenvalue weighted by atomic mass is 10.1. The number of nitrogens with zero attached hydrogens (tertiary/aromatic N) is 1. The third-order valence-corrected chi connectivity index (χ3v) is 4.73. The zero-order valence-corrected chi connectivity index (χ0v) is 17.1. The van der Waals surface area contributed by atoms with E-state index < -0.39 is 5.91 Å². The zero-order valence-electron chi connectivity index (χ0n) is 17.1. The molecule has 0 bridgehead atoms. The molecule has 3 aromatic rings. The van der Waals surface area contributed by atoms with Crippen molar-refractivity contribution in [2.75, 3.05) is 0 Å². The van der Waals surface area contributed by atoms with Gasteiger partial charge < -0.3 is 10.1 Å². The minimum Gasteiger partial charge on any atom is -0.489 e. The standard InChI is InChI=1S/C26H24N2O2/c1-19-8-10-22(11-9-19)18-30-25-14-12-21(13-15-25)16-24(17-27)26(29)28-20(2)23-6-4-3-5-7-23/h3-16,20H,18H2,1-2H3,(H,28,29)/b24-16-/t20-/m1/s1. The quantitative estimate of drug-likeness (QED) is 0.432. The summed E-state index contributed by atoms with van der Waals surface area (Å²) < 4.78 is 5.80. The molecule has 0 saturated carbocycles. The van der Waals surface area contributed by atoms with Crippen molar-refractivity contribution in [1.82, 2.24) is 5.32 Å². The van der Waals surface area contributed by atoms with Gasteiger partial charge in [0, 0.05) is 0 Å². The lowest BCUT2D eigenvalue weighted by Gasteiger charge is -2.13. The average molecular weight is 396 g/mol. The van der Waals surface area contributed by atoms with Crippen LogP contribution in [0.15, 0.2) is 84.4 Å². The molecule has 0 aliphatic rings. The van der Waals surface area contributed by atoms with Crippen molar-refractivity contribution in [2.45, 2.75) is 26.5 Å². The van der Waals surface area contributed by atoms with Crippen molar-refractivity contribution < 1.29 is 9.53 Å². The van der Waals surface area contributed by atoms with Gasteiger partial charge in [0.25, 0.3) is 5.91 Å². The van der Waals surface area contributed by atoms with Gasteiger partial charge in [0.2, 0.25) is 0 Å². The number of hydrogen-bond acceptors (Lipinski definition) is 3. The van der Waals surface area contributed by atoms with Crippen LogP contribution in [-0.2, 0) is 11.4 Å². The Labute approximate surface area is 177 Å². The van der Waals surface area contributed by atoms with Crippen LogP contribution in [0.3, 0.4) is 0 Å². The Hall–Kier alpha value is -3.84. The Morgan fingerprint density at radius 1 is 1.03 bits per heavy atom. The van der Waals surface area contributed by atoms with Crippen LogP contribution in [0.1, 0.15) is 35.2 Å². The maximum atomic E-state index is 12.5. The third kappa shape index (κ3) is 5.83. The van der Waals surface area contributed by atoms with Crippen molar-refractivity contribution >= 4 is 12.0 Å². The fraction of sp³-hybridized carbons (Fsp3) is 0.154. The maximum absolute atomic E-state index is 12.5. The monoisotopic (exact) mass is 396 g/mol. The molecular formula is C26H24N2O2. The Bertz CT molecular complexity index is 1050. The van der Waals surface area contributed by atoms with Gasteiger partial charge in [-0.25, -0.2) is 0 Å². The van der Waals surface area contributed by atoms with Gasteiger partial charge in [-0.2, -0.15) is 5.26 Å². The summed E-state index contributed by atoms with van der Waals surface area (Å²) in [5.41, 5.74) is 4.12. The molecule has 30 heavy (non-hydrogen) atoms. The van der Waals surface area contributed by atoms with Gasteiger partial charge in [0.15, 0.2) is 0 Å². The molecule has 0 spiro atoms. The second kappa shape index (κ2) is 10.1. The molecule has 0 saturated heterocycles. The molecule has 1 amide bonds. The first kappa shape index (κ1) is 20.9. The minimum atomic E-state index is -0.395. The number of benzene rings is 3. The number of ether oxygens (including phenoxy) is 1. The van der Waals surface area contributed by atoms with Crippen LogP contribution in [0.2, 0.25) is 0 Å². The van der Waals surface area contributed by atoms with E-state index in [1.165, 1.54) is 5.56 Å². The number of carbonyl (C=O) groups excluding carboxylic acids is 1. The van der Waals surface area contributed by atoms with Crippen LogP contribution in [0.25, 0.3) is 6.08 Å². The molecule has 0 aliphatic carbocycles. The number of hydrogen-bond donors (Lipinski definition) is 1. The van der Waals surface area contributed by atoms with Gasteiger partial charge in [-0.05, 0) is 48.7 Å². The lowest BCUT2D eigenvalue weighted by molar-refractivity contribution is -0.117. The van der Waals surface area contributed by atoms with Crippen LogP contribution in [-0.4, -0.2) is 5.91 Å². The van der Waals surface area contributed by atoms with Gasteiger partial charge in [0.1, 0.15) is 24.0 Å². The molecule has 150 valence electrons. The highest BCUT2D eigenvalue weighted by Crippen LogP contribution is 2.17. The average Bonchev–Trinajstić information content (AvgIpc) is 2.78. The van der Waals surface area contributed by atoms with Crippen LogP contribution in [0, 0.1) is 18.3 Å². The molecule has 0 fully saturated rings. The number of nitriles is 1. The van der Waals surface area contributed by atoms with Gasteiger partial charge in [-0.15, -0.1) is 0 Å². The number of carbonyl (C=O) groups is 1. The minimum absolute atomic E-state index is 0.0612. The summed E-state index contributed by atoms with van der Waals surface area (Å²) in [6.07, 6.45) is 1.58. The normalized spacial score (nSPS) is 12.0. The first-order valence-electron chi connectivity index (χ1n) is 9.81. The molecule has 3 rings (SSSR count). The van der Waals surface area contributed by atoms with Gasteiger partial charge in [0.05, 0.1) is 6.04 Å². The molecular weight excluding hydrogens is 372 g/mol. The highest BCUT2D eigenvalue weighted by Gasteiger charge is 2.13. The number of aryl methyl sites for hydroxylation is 1. The van der Waals surface area contributed by atoms with E-state index in [9.17, 15) is 10.1 Å². The summed E-state index contributed by atoms with van der Waals surface area (Å²) in [7, 11) is 0. The smallest absolute Gasteiger partial charge is 0.262 e. The van der Waals surface area contributed by atoms with E-state index in [2.05, 4.69) is 24.4 Å². The predicted octanol–water partition coefficient (Wildman–Crippen LogP) is 5.36. The van der Waals surface area contributed by atoms with Crippen LogP contribution in [0.5, 0.6) is 5.75 Å². The molecule has 0 aromatic heterocycles. The molecule has 1 atom stereocenters. The van der Waals surface area contributed by atoms with Crippen molar-refractivity contribution in [3.8, 4) is 11.8 Å². The summed E-state index contributed by atoms with van der Waals surface area (Å²) in [6, 6.07) is 27.0. The first-order valence-corrected chi connectivity index (χ1v) is 9.81. The summed E-state index contributed by atoms with van der Waals surface area (Å²) in [5.74, 6) is 0.335. The zero-order chi connectivity index (χ0) is 21.3. The van der Waals surface area contributed by atoms with Crippen molar-refractivity contribution in [3.05, 3.63) is 107 Å². The molecule has 3 aromatic carbocycles. The highest BCUT2D eigenvalue weighted by atomic mass is 16.5. The SMILES string of the molecule is Cc1ccc(COc2ccc(/C=C(/C#N)C(=O)N[C@H](C)c3ccccc3)cc2)cc1. The van der Waals surface area contributed by atoms with Crippen molar-refractivity contribution in [3.63, 3.8) is 0 Å². The maximum Gasteiger partial charge on any atom is 0.262 e. The van der Waals surface area contributed by atoms with Crippen molar-refractivity contribution in [1.29, 1.82) is 5.26 Å². The van der Waals surface area contributed by atoms with Crippen LogP contribution < -0.4 is 10.1 Å². The summed E-state index contributed by atoms with van der Waals surface area (Å²) in [6.45, 7) is 4.43. The Morgan fingerprint density at radius 2 is 1.70 bits per heavy atom. The van der Waals surface area contributed by atoms with Gasteiger partial charge in [-0.1, -0.05) is 72.3 Å². The number of rotatable bonds is 7. The summed E-state index contributed by atoms with van der Waals surface area (Å²) in [4.78, 5) is 12.5. The summed E-state index contributed by atoms with van der Waals surface area (Å²) >= 11 is 0. The van der Waals surface area contributed by atoms with E-state index in [0.717, 1.165) is 22.4 Å². The number of nitrogens with one attached hydrogen (secondary N) is 1. The van der Waals surface area contributed by atoms with E-state index >= 15 is 0 Å². The first-order chi connectivity index (χ1) is 14.5. The second-order valence-corrected chi connectivity index (χ2v) is 7.12. The molecule has 0 radical (unpaired) electrons. The van der Waals surface area contributed by atoms with E-state index in [1.807, 2.05) is 79.7 Å². The van der Waals surface area contributed by atoms with E-state index in [4.69, 9.17) is 4.74 Å². The van der Waals surface area contributed by atoms with Crippen LogP contribution in [0.4, 0.5) is 0 Å². The van der Waals surface area contributed by atoms with Gasteiger partial charge in [-0.3, -0.25) is 4.79 Å². The molecule has 1 N–H and O–H groups in total. The molecule has 0 aliphatic heterocycles. The Balaban J connectivity index is 1.61. The fourth-order valence-corrected chi connectivity index (χ4v) is 2.93. The van der Waals surface area contributed by atoms with E-state index in [-0.39, 0.29) is 11.6 Å². The second-order valence-electron chi connectivity index (χ2n) is 7.12. The van der Waals surface area contributed by atoms with Crippen LogP contribution >= 0.6 is 0 Å². The largest absolute Gasteiger partial charge is 0.489 e. The van der Waals surface area contributed by atoms with Crippen molar-refractivity contribution in [2.24, 2.45) is 0 Å². The molecule has 0 unspecified atom stereocenters. The molecule has 4 nitrogen and oxygen atoms in total. The Kier molecular flexibility index (Phi) is 7.02. The highest BCUT2D eigenvalue weighted by molar-refractivity contribution is 6.01. The predicted molar refractivity (Wildman–Crippen MR) is 119 cm³/mol. The molecule has 0 heterocycles. The summed E-state index contributed by atoms with van der Waals surface area (Å²) in [5, 5.41) is 12.3. The van der Waals surface area contributed by atoms with E-state index in [1.54, 1.807) is 6.08 Å². The topological polar surface area (TPSA) is 62.1 Å².